The van der Waals surface area contributed by atoms with Crippen LogP contribution in [0.25, 0.3) is 10.9 Å². The fourth-order valence-corrected chi connectivity index (χ4v) is 2.72. The molecule has 0 aliphatic heterocycles. The second kappa shape index (κ2) is 6.26. The Morgan fingerprint density at radius 2 is 1.96 bits per heavy atom. The van der Waals surface area contributed by atoms with Crippen LogP contribution in [0.1, 0.15) is 33.3 Å². The molecule has 1 unspecified atom stereocenters. The maximum atomic E-state index is 12.3. The monoisotopic (exact) mass is 308 g/mol. The number of amides is 1. The topological polar surface area (TPSA) is 65.1 Å². The van der Waals surface area contributed by atoms with E-state index in [0.717, 1.165) is 27.6 Å². The summed E-state index contributed by atoms with van der Waals surface area (Å²) in [6, 6.07) is 15.5. The molecule has 1 atom stereocenters. The number of carbonyl (C=O) groups excluding carboxylic acids is 1. The third-order valence-electron chi connectivity index (χ3n) is 4.03. The highest BCUT2D eigenvalue weighted by Crippen LogP contribution is 2.18. The molecule has 0 saturated heterocycles. The van der Waals surface area contributed by atoms with Gasteiger partial charge in [0.1, 0.15) is 5.69 Å². The van der Waals surface area contributed by atoms with Crippen molar-refractivity contribution >= 4 is 16.8 Å². The lowest BCUT2D eigenvalue weighted by Gasteiger charge is -2.14. The van der Waals surface area contributed by atoms with E-state index < -0.39 is 6.10 Å². The normalized spacial score (nSPS) is 12.3. The number of hydrogen-bond acceptors (Lipinski definition) is 2. The summed E-state index contributed by atoms with van der Waals surface area (Å²) < 4.78 is 0. The minimum Gasteiger partial charge on any atom is -0.387 e. The number of benzene rings is 2. The summed E-state index contributed by atoms with van der Waals surface area (Å²) >= 11 is 0. The van der Waals surface area contributed by atoms with Crippen molar-refractivity contribution in [3.05, 3.63) is 70.9 Å². The van der Waals surface area contributed by atoms with Crippen molar-refractivity contribution < 1.29 is 9.90 Å². The average molecular weight is 308 g/mol. The van der Waals surface area contributed by atoms with Gasteiger partial charge >= 0.3 is 0 Å². The first-order valence-corrected chi connectivity index (χ1v) is 7.66. The van der Waals surface area contributed by atoms with E-state index in [2.05, 4.69) is 10.3 Å². The zero-order valence-electron chi connectivity index (χ0n) is 13.3. The first-order valence-electron chi connectivity index (χ1n) is 7.66. The molecule has 23 heavy (non-hydrogen) atoms. The molecule has 118 valence electrons. The van der Waals surface area contributed by atoms with Crippen molar-refractivity contribution in [2.45, 2.75) is 20.0 Å². The first-order chi connectivity index (χ1) is 11.0. The van der Waals surface area contributed by atoms with E-state index in [1.165, 1.54) is 0 Å². The molecule has 2 aromatic carbocycles. The van der Waals surface area contributed by atoms with Gasteiger partial charge in [-0.15, -0.1) is 0 Å². The lowest BCUT2D eigenvalue weighted by atomic mass is 10.0. The van der Waals surface area contributed by atoms with E-state index in [4.69, 9.17) is 0 Å². The summed E-state index contributed by atoms with van der Waals surface area (Å²) in [5, 5.41) is 14.0. The molecule has 4 nitrogen and oxygen atoms in total. The largest absolute Gasteiger partial charge is 0.387 e. The predicted octanol–water partition coefficient (Wildman–Crippen LogP) is 3.25. The molecule has 0 saturated carbocycles. The Morgan fingerprint density at radius 3 is 2.74 bits per heavy atom. The molecule has 4 heteroatoms. The minimum absolute atomic E-state index is 0.179. The summed E-state index contributed by atoms with van der Waals surface area (Å²) in [4.78, 5) is 15.4. The van der Waals surface area contributed by atoms with Gasteiger partial charge in [-0.3, -0.25) is 4.79 Å². The maximum Gasteiger partial charge on any atom is 0.267 e. The van der Waals surface area contributed by atoms with Gasteiger partial charge in [0.05, 0.1) is 6.10 Å². The molecule has 3 aromatic rings. The van der Waals surface area contributed by atoms with Crippen molar-refractivity contribution in [3.8, 4) is 0 Å². The zero-order chi connectivity index (χ0) is 16.4. The lowest BCUT2D eigenvalue weighted by molar-refractivity contribution is 0.0912. The fraction of sp³-hybridized carbons (Fsp3) is 0.211. The van der Waals surface area contributed by atoms with Gasteiger partial charge < -0.3 is 15.4 Å². The van der Waals surface area contributed by atoms with Gasteiger partial charge in [-0.25, -0.2) is 0 Å². The van der Waals surface area contributed by atoms with Gasteiger partial charge in [0.2, 0.25) is 0 Å². The molecule has 0 aliphatic rings. The molecular formula is C19H20N2O2. The van der Waals surface area contributed by atoms with E-state index in [1.54, 1.807) is 0 Å². The molecule has 1 aromatic heterocycles. The highest BCUT2D eigenvalue weighted by atomic mass is 16.3. The number of H-pyrrole nitrogens is 1. The number of hydrogen-bond donors (Lipinski definition) is 3. The minimum atomic E-state index is -0.716. The van der Waals surface area contributed by atoms with Crippen molar-refractivity contribution in [3.63, 3.8) is 0 Å². The van der Waals surface area contributed by atoms with Crippen LogP contribution in [-0.2, 0) is 0 Å². The third kappa shape index (κ3) is 3.27. The molecule has 0 bridgehead atoms. The third-order valence-corrected chi connectivity index (χ3v) is 4.03. The van der Waals surface area contributed by atoms with Gasteiger partial charge in [0, 0.05) is 17.4 Å². The quantitative estimate of drug-likeness (QED) is 0.692. The van der Waals surface area contributed by atoms with Gasteiger partial charge in [-0.05, 0) is 42.7 Å². The number of aliphatic hydroxyl groups excluding tert-OH is 1. The molecule has 1 heterocycles. The number of aromatic amines is 1. The summed E-state index contributed by atoms with van der Waals surface area (Å²) in [6.07, 6.45) is -0.716. The standard InChI is InChI=1S/C19H20N2O2/c1-12-7-8-14-10-17(21-16(14)9-12)19(23)20-11-18(22)15-6-4-3-5-13(15)2/h3-10,18,21-22H,11H2,1-2H3,(H,20,23). The van der Waals surface area contributed by atoms with Crippen molar-refractivity contribution in [1.82, 2.24) is 10.3 Å². The zero-order valence-corrected chi connectivity index (χ0v) is 13.3. The Bertz CT molecular complexity index is 851. The Kier molecular flexibility index (Phi) is 4.17. The van der Waals surface area contributed by atoms with Crippen molar-refractivity contribution in [2.24, 2.45) is 0 Å². The van der Waals surface area contributed by atoms with Gasteiger partial charge in [0.15, 0.2) is 0 Å². The smallest absolute Gasteiger partial charge is 0.267 e. The van der Waals surface area contributed by atoms with Gasteiger partial charge in [-0.1, -0.05) is 36.4 Å². The SMILES string of the molecule is Cc1ccc2cc(C(=O)NCC(O)c3ccccc3C)[nH]c2c1. The Labute approximate surface area is 135 Å². The van der Waals surface area contributed by atoms with Gasteiger partial charge in [-0.2, -0.15) is 0 Å². The molecular weight excluding hydrogens is 288 g/mol. The van der Waals surface area contributed by atoms with E-state index in [0.29, 0.717) is 5.69 Å². The lowest BCUT2D eigenvalue weighted by Crippen LogP contribution is -2.28. The number of aromatic nitrogens is 1. The fourth-order valence-electron chi connectivity index (χ4n) is 2.72. The maximum absolute atomic E-state index is 12.3. The van der Waals surface area contributed by atoms with Crippen LogP contribution in [0.15, 0.2) is 48.5 Å². The number of aryl methyl sites for hydroxylation is 2. The first kappa shape index (κ1) is 15.3. The van der Waals surface area contributed by atoms with E-state index in [-0.39, 0.29) is 12.5 Å². The number of carbonyl (C=O) groups is 1. The van der Waals surface area contributed by atoms with E-state index in [1.807, 2.05) is 62.4 Å². The highest BCUT2D eigenvalue weighted by molar-refractivity contribution is 5.98. The second-order valence-electron chi connectivity index (χ2n) is 5.86. The Hall–Kier alpha value is -2.59. The number of rotatable bonds is 4. The molecule has 0 radical (unpaired) electrons. The molecule has 3 N–H and O–H groups in total. The van der Waals surface area contributed by atoms with Crippen LogP contribution in [0, 0.1) is 13.8 Å². The van der Waals surface area contributed by atoms with E-state index >= 15 is 0 Å². The highest BCUT2D eigenvalue weighted by Gasteiger charge is 2.14. The predicted molar refractivity (Wildman–Crippen MR) is 91.5 cm³/mol. The molecule has 1 amide bonds. The van der Waals surface area contributed by atoms with Crippen LogP contribution < -0.4 is 5.32 Å². The van der Waals surface area contributed by atoms with E-state index in [9.17, 15) is 9.90 Å². The number of aliphatic hydroxyl groups is 1. The second-order valence-corrected chi connectivity index (χ2v) is 5.86. The van der Waals surface area contributed by atoms with Crippen LogP contribution in [0.3, 0.4) is 0 Å². The average Bonchev–Trinajstić information content (AvgIpc) is 2.95. The molecule has 0 spiro atoms. The van der Waals surface area contributed by atoms with Crippen LogP contribution in [-0.4, -0.2) is 22.5 Å². The van der Waals surface area contributed by atoms with Crippen LogP contribution in [0.4, 0.5) is 0 Å². The van der Waals surface area contributed by atoms with Gasteiger partial charge in [0.25, 0.3) is 5.91 Å². The van der Waals surface area contributed by atoms with Crippen LogP contribution in [0.2, 0.25) is 0 Å². The molecule has 0 aliphatic carbocycles. The Balaban J connectivity index is 1.70. The van der Waals surface area contributed by atoms with Crippen molar-refractivity contribution in [1.29, 1.82) is 0 Å². The van der Waals surface area contributed by atoms with Crippen molar-refractivity contribution in [2.75, 3.05) is 6.54 Å². The molecule has 3 rings (SSSR count). The number of nitrogens with one attached hydrogen (secondary N) is 2. The number of fused-ring (bicyclic) bond motifs is 1. The van der Waals surface area contributed by atoms with Crippen LogP contribution >= 0.6 is 0 Å². The Morgan fingerprint density at radius 1 is 1.17 bits per heavy atom. The summed E-state index contributed by atoms with van der Waals surface area (Å²) in [5.41, 5.74) is 4.42. The summed E-state index contributed by atoms with van der Waals surface area (Å²) in [5.74, 6) is -0.216. The summed E-state index contributed by atoms with van der Waals surface area (Å²) in [6.45, 7) is 4.14. The van der Waals surface area contributed by atoms with Crippen LogP contribution in [0.5, 0.6) is 0 Å². The summed E-state index contributed by atoms with van der Waals surface area (Å²) in [7, 11) is 0. The molecule has 0 fully saturated rings.